The molecule has 34 heavy (non-hydrogen) atoms. The predicted molar refractivity (Wildman–Crippen MR) is 126 cm³/mol. The SMILES string of the molecule is CC(NC(=O)OCC1c2ccccc2-c2ccccc21)(C(=O)N1CCCC1CC(=O)O)C1CC1. The van der Waals surface area contributed by atoms with Crippen LogP contribution in [0, 0.1) is 5.92 Å². The van der Waals surface area contributed by atoms with Crippen LogP contribution in [-0.4, -0.2) is 52.7 Å². The number of likely N-dealkylation sites (tertiary alicyclic amines) is 1. The topological polar surface area (TPSA) is 95.9 Å². The van der Waals surface area contributed by atoms with Crippen molar-refractivity contribution in [2.45, 2.75) is 56.5 Å². The second-order valence-electron chi connectivity index (χ2n) is 9.82. The fraction of sp³-hybridized carbons (Fsp3) is 0.444. The van der Waals surface area contributed by atoms with Gasteiger partial charge in [-0.25, -0.2) is 4.79 Å². The Balaban J connectivity index is 1.29. The molecule has 1 aliphatic heterocycles. The van der Waals surface area contributed by atoms with E-state index in [1.807, 2.05) is 24.3 Å². The molecule has 2 aromatic rings. The number of carbonyl (C=O) groups is 3. The summed E-state index contributed by atoms with van der Waals surface area (Å²) in [5, 5.41) is 12.1. The summed E-state index contributed by atoms with van der Waals surface area (Å²) in [6.45, 7) is 2.45. The normalized spacial score (nSPS) is 20.9. The average molecular weight is 463 g/mol. The van der Waals surface area contributed by atoms with E-state index < -0.39 is 17.6 Å². The number of ether oxygens (including phenoxy) is 1. The molecule has 0 radical (unpaired) electrons. The van der Waals surface area contributed by atoms with Gasteiger partial charge in [0.05, 0.1) is 6.42 Å². The van der Waals surface area contributed by atoms with E-state index in [0.29, 0.717) is 13.0 Å². The number of nitrogens with one attached hydrogen (secondary N) is 1. The van der Waals surface area contributed by atoms with Crippen LogP contribution in [0.1, 0.15) is 56.1 Å². The molecular formula is C27H30N2O5. The summed E-state index contributed by atoms with van der Waals surface area (Å²) in [4.78, 5) is 39.4. The van der Waals surface area contributed by atoms with Crippen LogP contribution in [0.3, 0.4) is 0 Å². The Morgan fingerprint density at radius 2 is 1.65 bits per heavy atom. The molecule has 3 aliphatic rings. The largest absolute Gasteiger partial charge is 0.481 e. The standard InChI is InChI=1S/C27H30N2O5/c1-27(17-12-13-17,25(32)29-14-6-7-18(29)15-24(30)31)28-26(33)34-16-23-21-10-4-2-8-19(21)20-9-3-5-11-22(20)23/h2-5,8-11,17-18,23H,6-7,12-16H2,1H3,(H,28,33)(H,30,31). The van der Waals surface area contributed by atoms with E-state index >= 15 is 0 Å². The molecule has 0 spiro atoms. The number of carboxylic acids is 1. The van der Waals surface area contributed by atoms with Crippen molar-refractivity contribution in [3.63, 3.8) is 0 Å². The van der Waals surface area contributed by atoms with E-state index in [4.69, 9.17) is 4.74 Å². The van der Waals surface area contributed by atoms with Crippen molar-refractivity contribution in [1.29, 1.82) is 0 Å². The van der Waals surface area contributed by atoms with Crippen LogP contribution in [0.15, 0.2) is 48.5 Å². The highest BCUT2D eigenvalue weighted by Crippen LogP contribution is 2.45. The van der Waals surface area contributed by atoms with Crippen molar-refractivity contribution >= 4 is 18.0 Å². The van der Waals surface area contributed by atoms with Crippen LogP contribution < -0.4 is 5.32 Å². The fourth-order valence-electron chi connectivity index (χ4n) is 5.65. The van der Waals surface area contributed by atoms with Crippen LogP contribution in [0.2, 0.25) is 0 Å². The molecule has 2 amide bonds. The Morgan fingerprint density at radius 1 is 1.03 bits per heavy atom. The fourth-order valence-corrected chi connectivity index (χ4v) is 5.65. The predicted octanol–water partition coefficient (Wildman–Crippen LogP) is 4.16. The smallest absolute Gasteiger partial charge is 0.408 e. The molecule has 1 saturated heterocycles. The Labute approximate surface area is 199 Å². The van der Waals surface area contributed by atoms with Gasteiger partial charge >= 0.3 is 12.1 Å². The molecule has 2 N–H and O–H groups in total. The summed E-state index contributed by atoms with van der Waals surface area (Å²) < 4.78 is 5.70. The first-order chi connectivity index (χ1) is 16.4. The quantitative estimate of drug-likeness (QED) is 0.644. The van der Waals surface area contributed by atoms with Gasteiger partial charge in [0.2, 0.25) is 5.91 Å². The number of amides is 2. The molecule has 7 heteroatoms. The number of fused-ring (bicyclic) bond motifs is 3. The molecular weight excluding hydrogens is 432 g/mol. The number of hydrogen-bond donors (Lipinski definition) is 2. The van der Waals surface area contributed by atoms with Gasteiger partial charge < -0.3 is 20.1 Å². The lowest BCUT2D eigenvalue weighted by atomic mass is 9.93. The number of nitrogens with zero attached hydrogens (tertiary/aromatic N) is 1. The van der Waals surface area contributed by atoms with Crippen LogP contribution >= 0.6 is 0 Å². The maximum Gasteiger partial charge on any atom is 0.408 e. The summed E-state index contributed by atoms with van der Waals surface area (Å²) >= 11 is 0. The highest BCUT2D eigenvalue weighted by atomic mass is 16.5. The van der Waals surface area contributed by atoms with E-state index in [1.54, 1.807) is 11.8 Å². The van der Waals surface area contributed by atoms with E-state index in [2.05, 4.69) is 29.6 Å². The van der Waals surface area contributed by atoms with E-state index in [-0.39, 0.29) is 36.8 Å². The lowest BCUT2D eigenvalue weighted by Gasteiger charge is -2.36. The summed E-state index contributed by atoms with van der Waals surface area (Å²) in [6, 6.07) is 16.0. The summed E-state index contributed by atoms with van der Waals surface area (Å²) in [5.41, 5.74) is 3.48. The van der Waals surface area contributed by atoms with Gasteiger partial charge in [-0.05, 0) is 60.8 Å². The number of alkyl carbamates (subject to hydrolysis) is 1. The zero-order valence-corrected chi connectivity index (χ0v) is 19.3. The highest BCUT2D eigenvalue weighted by molar-refractivity contribution is 5.91. The zero-order chi connectivity index (χ0) is 23.9. The molecule has 2 aromatic carbocycles. The molecule has 0 aromatic heterocycles. The van der Waals surface area contributed by atoms with Gasteiger partial charge in [-0.1, -0.05) is 48.5 Å². The third-order valence-corrected chi connectivity index (χ3v) is 7.59. The summed E-state index contributed by atoms with van der Waals surface area (Å²) in [7, 11) is 0. The molecule has 0 bridgehead atoms. The number of rotatable bonds is 7. The maximum absolute atomic E-state index is 13.5. The van der Waals surface area contributed by atoms with Crippen molar-refractivity contribution in [1.82, 2.24) is 10.2 Å². The van der Waals surface area contributed by atoms with Crippen LogP contribution in [-0.2, 0) is 14.3 Å². The van der Waals surface area contributed by atoms with Gasteiger partial charge in [-0.2, -0.15) is 0 Å². The second-order valence-corrected chi connectivity index (χ2v) is 9.82. The summed E-state index contributed by atoms with van der Waals surface area (Å²) in [5.74, 6) is -1.14. The molecule has 5 rings (SSSR count). The Morgan fingerprint density at radius 3 is 2.24 bits per heavy atom. The lowest BCUT2D eigenvalue weighted by molar-refractivity contribution is -0.143. The van der Waals surface area contributed by atoms with Gasteiger partial charge in [-0.3, -0.25) is 9.59 Å². The van der Waals surface area contributed by atoms with Gasteiger partial charge in [0.1, 0.15) is 12.1 Å². The number of aliphatic carboxylic acids is 1. The first kappa shape index (κ1) is 22.4. The Hall–Kier alpha value is -3.35. The van der Waals surface area contributed by atoms with E-state index in [0.717, 1.165) is 41.5 Å². The van der Waals surface area contributed by atoms with Crippen molar-refractivity contribution in [2.24, 2.45) is 5.92 Å². The van der Waals surface area contributed by atoms with Gasteiger partial charge in [0, 0.05) is 18.5 Å². The second kappa shape index (κ2) is 8.78. The first-order valence-corrected chi connectivity index (χ1v) is 12.0. The molecule has 2 unspecified atom stereocenters. The van der Waals surface area contributed by atoms with Gasteiger partial charge in [0.15, 0.2) is 0 Å². The molecule has 1 saturated carbocycles. The number of benzene rings is 2. The zero-order valence-electron chi connectivity index (χ0n) is 19.3. The molecule has 2 atom stereocenters. The molecule has 7 nitrogen and oxygen atoms in total. The third-order valence-electron chi connectivity index (χ3n) is 7.59. The minimum atomic E-state index is -1.09. The van der Waals surface area contributed by atoms with Gasteiger partial charge in [0.25, 0.3) is 0 Å². The highest BCUT2D eigenvalue weighted by Gasteiger charge is 2.52. The van der Waals surface area contributed by atoms with Crippen LogP contribution in [0.25, 0.3) is 11.1 Å². The average Bonchev–Trinajstić information content (AvgIpc) is 3.52. The minimum absolute atomic E-state index is 0.0339. The lowest BCUT2D eigenvalue weighted by Crippen LogP contribution is -2.60. The van der Waals surface area contributed by atoms with Crippen LogP contribution in [0.4, 0.5) is 4.79 Å². The monoisotopic (exact) mass is 462 g/mol. The van der Waals surface area contributed by atoms with Crippen molar-refractivity contribution in [3.8, 4) is 11.1 Å². The maximum atomic E-state index is 13.5. The molecule has 1 heterocycles. The van der Waals surface area contributed by atoms with Crippen molar-refractivity contribution in [2.75, 3.05) is 13.2 Å². The third kappa shape index (κ3) is 4.04. The Bertz CT molecular complexity index is 1080. The first-order valence-electron chi connectivity index (χ1n) is 12.0. The minimum Gasteiger partial charge on any atom is -0.481 e. The molecule has 2 fully saturated rings. The number of carboxylic acid groups (broad SMARTS) is 1. The van der Waals surface area contributed by atoms with E-state index in [9.17, 15) is 19.5 Å². The van der Waals surface area contributed by atoms with Crippen LogP contribution in [0.5, 0.6) is 0 Å². The molecule has 178 valence electrons. The van der Waals surface area contributed by atoms with Crippen molar-refractivity contribution < 1.29 is 24.2 Å². The van der Waals surface area contributed by atoms with Crippen molar-refractivity contribution in [3.05, 3.63) is 59.7 Å². The number of carbonyl (C=O) groups excluding carboxylic acids is 2. The van der Waals surface area contributed by atoms with Gasteiger partial charge in [-0.15, -0.1) is 0 Å². The number of hydrogen-bond acceptors (Lipinski definition) is 4. The summed E-state index contributed by atoms with van der Waals surface area (Å²) in [6.07, 6.45) is 2.46. The molecule has 2 aliphatic carbocycles. The van der Waals surface area contributed by atoms with E-state index in [1.165, 1.54) is 0 Å². The Kier molecular flexibility index (Phi) is 5.80.